The lowest BCUT2D eigenvalue weighted by Crippen LogP contribution is -2.33. The first-order valence-corrected chi connectivity index (χ1v) is 8.75. The van der Waals surface area contributed by atoms with Gasteiger partial charge in [-0.05, 0) is 17.7 Å². The Morgan fingerprint density at radius 3 is 2.62 bits per heavy atom. The van der Waals surface area contributed by atoms with Crippen molar-refractivity contribution in [1.29, 1.82) is 0 Å². The highest BCUT2D eigenvalue weighted by Crippen LogP contribution is 2.32. The van der Waals surface area contributed by atoms with Crippen molar-refractivity contribution in [3.63, 3.8) is 0 Å². The SMILES string of the molecule is Nc1ccc(/C=N/Nc2nc(N)c3ncn([C@@H]4O[C@H](CO)[C@@H](O)[C@H]4O)c3n2)cc1. The molecule has 2 aromatic heterocycles. The third-order valence-electron chi connectivity index (χ3n) is 4.55. The van der Waals surface area contributed by atoms with Gasteiger partial charge in [0.15, 0.2) is 17.7 Å². The van der Waals surface area contributed by atoms with Crippen LogP contribution in [0.4, 0.5) is 17.5 Å². The molecular weight excluding hydrogens is 380 g/mol. The van der Waals surface area contributed by atoms with Gasteiger partial charge in [-0.15, -0.1) is 0 Å². The quantitative estimate of drug-likeness (QED) is 0.177. The van der Waals surface area contributed by atoms with Gasteiger partial charge in [0.05, 0.1) is 19.1 Å². The van der Waals surface area contributed by atoms with E-state index in [1.165, 1.54) is 10.9 Å². The predicted molar refractivity (Wildman–Crippen MR) is 105 cm³/mol. The Hall–Kier alpha value is -3.32. The first-order valence-electron chi connectivity index (χ1n) is 8.75. The third-order valence-corrected chi connectivity index (χ3v) is 4.55. The number of nitrogens with two attached hydrogens (primary N) is 2. The van der Waals surface area contributed by atoms with Crippen LogP contribution in [0.2, 0.25) is 0 Å². The van der Waals surface area contributed by atoms with E-state index in [1.807, 2.05) is 0 Å². The standard InChI is InChI=1S/C17H20N8O4/c18-9-3-1-8(2-4-9)5-21-24-17-22-14(19)11-15(23-17)25(7-20-11)16-13(28)12(27)10(6-26)29-16/h1-5,7,10,12-13,16,26-28H,6,18H2,(H3,19,22,23,24)/b21-5+/t10-,12-,13-,16-/m1/s1. The van der Waals surface area contributed by atoms with E-state index in [1.54, 1.807) is 30.5 Å². The summed E-state index contributed by atoms with van der Waals surface area (Å²) >= 11 is 0. The van der Waals surface area contributed by atoms with E-state index in [0.29, 0.717) is 11.2 Å². The summed E-state index contributed by atoms with van der Waals surface area (Å²) in [6.07, 6.45) is -1.50. The van der Waals surface area contributed by atoms with Crippen LogP contribution in [0.25, 0.3) is 11.2 Å². The number of imidazole rings is 1. The van der Waals surface area contributed by atoms with Gasteiger partial charge in [-0.2, -0.15) is 15.1 Å². The van der Waals surface area contributed by atoms with Crippen LogP contribution >= 0.6 is 0 Å². The summed E-state index contributed by atoms with van der Waals surface area (Å²) < 4.78 is 6.95. The zero-order chi connectivity index (χ0) is 20.5. The lowest BCUT2D eigenvalue weighted by Gasteiger charge is -2.16. The van der Waals surface area contributed by atoms with Crippen LogP contribution in [-0.2, 0) is 4.74 Å². The molecule has 3 aromatic rings. The van der Waals surface area contributed by atoms with E-state index in [4.69, 9.17) is 16.2 Å². The first kappa shape index (κ1) is 19.0. The summed E-state index contributed by atoms with van der Waals surface area (Å²) in [5.41, 5.74) is 16.3. The highest BCUT2D eigenvalue weighted by Gasteiger charge is 2.44. The van der Waals surface area contributed by atoms with Crippen molar-refractivity contribution in [2.45, 2.75) is 24.5 Å². The first-order chi connectivity index (χ1) is 14.0. The number of anilines is 3. The monoisotopic (exact) mass is 400 g/mol. The second-order valence-electron chi connectivity index (χ2n) is 6.52. The van der Waals surface area contributed by atoms with E-state index in [-0.39, 0.29) is 17.4 Å². The van der Waals surface area contributed by atoms with Crippen LogP contribution < -0.4 is 16.9 Å². The van der Waals surface area contributed by atoms with E-state index in [0.717, 1.165) is 5.56 Å². The molecule has 12 nitrogen and oxygen atoms in total. The molecule has 0 bridgehead atoms. The third kappa shape index (κ3) is 3.56. The average molecular weight is 400 g/mol. The number of hydrogen-bond donors (Lipinski definition) is 6. The molecule has 3 heterocycles. The molecule has 0 aliphatic carbocycles. The maximum Gasteiger partial charge on any atom is 0.247 e. The fraction of sp³-hybridized carbons (Fsp3) is 0.294. The number of benzene rings is 1. The van der Waals surface area contributed by atoms with Gasteiger partial charge in [0.1, 0.15) is 23.8 Å². The second-order valence-corrected chi connectivity index (χ2v) is 6.52. The van der Waals surface area contributed by atoms with Gasteiger partial charge in [0.25, 0.3) is 0 Å². The predicted octanol–water partition coefficient (Wildman–Crippen LogP) is -0.952. The molecule has 12 heteroatoms. The molecule has 0 unspecified atom stereocenters. The van der Waals surface area contributed by atoms with Crippen LogP contribution in [0.15, 0.2) is 35.7 Å². The van der Waals surface area contributed by atoms with E-state index in [9.17, 15) is 15.3 Å². The lowest BCUT2D eigenvalue weighted by atomic mass is 10.1. The molecule has 29 heavy (non-hydrogen) atoms. The fourth-order valence-electron chi connectivity index (χ4n) is 3.03. The minimum absolute atomic E-state index is 0.102. The number of aliphatic hydroxyl groups excluding tert-OH is 3. The van der Waals surface area contributed by atoms with Crippen LogP contribution in [0.3, 0.4) is 0 Å². The Balaban J connectivity index is 1.61. The van der Waals surface area contributed by atoms with Gasteiger partial charge in [-0.25, -0.2) is 10.4 Å². The molecule has 152 valence electrons. The van der Waals surface area contributed by atoms with Gasteiger partial charge in [-0.3, -0.25) is 4.57 Å². The van der Waals surface area contributed by atoms with Gasteiger partial charge in [0, 0.05) is 5.69 Å². The molecular formula is C17H20N8O4. The summed E-state index contributed by atoms with van der Waals surface area (Å²) in [6.45, 7) is -0.439. The molecule has 8 N–H and O–H groups in total. The Kier molecular flexibility index (Phi) is 4.98. The molecule has 0 radical (unpaired) electrons. The number of aromatic nitrogens is 4. The summed E-state index contributed by atoms with van der Waals surface area (Å²) in [5, 5.41) is 33.6. The summed E-state index contributed by atoms with van der Waals surface area (Å²) in [7, 11) is 0. The summed E-state index contributed by atoms with van der Waals surface area (Å²) in [4.78, 5) is 12.6. The maximum absolute atomic E-state index is 10.3. The number of hydrogen-bond acceptors (Lipinski definition) is 11. The molecule has 1 fully saturated rings. The highest BCUT2D eigenvalue weighted by atomic mass is 16.6. The lowest BCUT2D eigenvalue weighted by molar-refractivity contribution is -0.0511. The van der Waals surface area contributed by atoms with Crippen LogP contribution in [0.5, 0.6) is 0 Å². The van der Waals surface area contributed by atoms with Crippen molar-refractivity contribution >= 4 is 34.8 Å². The van der Waals surface area contributed by atoms with Crippen molar-refractivity contribution in [3.05, 3.63) is 36.2 Å². The zero-order valence-corrected chi connectivity index (χ0v) is 15.1. The number of ether oxygens (including phenoxy) is 1. The van der Waals surface area contributed by atoms with Crippen molar-refractivity contribution in [3.8, 4) is 0 Å². The van der Waals surface area contributed by atoms with Crippen LogP contribution in [0.1, 0.15) is 11.8 Å². The Morgan fingerprint density at radius 1 is 1.17 bits per heavy atom. The topological polar surface area (TPSA) is 190 Å². The van der Waals surface area contributed by atoms with Crippen molar-refractivity contribution in [2.24, 2.45) is 5.10 Å². The molecule has 1 aromatic carbocycles. The van der Waals surface area contributed by atoms with E-state index >= 15 is 0 Å². The van der Waals surface area contributed by atoms with E-state index < -0.39 is 31.1 Å². The Labute approximate surface area is 164 Å². The summed E-state index contributed by atoms with van der Waals surface area (Å²) in [6, 6.07) is 7.11. The molecule has 0 amide bonds. The largest absolute Gasteiger partial charge is 0.399 e. The number of rotatable bonds is 5. The minimum Gasteiger partial charge on any atom is -0.399 e. The van der Waals surface area contributed by atoms with Crippen molar-refractivity contribution < 1.29 is 20.1 Å². The molecule has 1 aliphatic heterocycles. The zero-order valence-electron chi connectivity index (χ0n) is 15.1. The van der Waals surface area contributed by atoms with Gasteiger partial charge in [-0.1, -0.05) is 12.1 Å². The molecule has 1 aliphatic rings. The summed E-state index contributed by atoms with van der Waals surface area (Å²) in [5.74, 6) is 0.209. The van der Waals surface area contributed by atoms with Gasteiger partial charge >= 0.3 is 0 Å². The van der Waals surface area contributed by atoms with E-state index in [2.05, 4.69) is 25.5 Å². The fourth-order valence-corrected chi connectivity index (χ4v) is 3.03. The molecule has 1 saturated heterocycles. The normalized spacial score (nSPS) is 24.5. The number of hydrazone groups is 1. The smallest absolute Gasteiger partial charge is 0.247 e. The van der Waals surface area contributed by atoms with Gasteiger partial charge < -0.3 is 31.5 Å². The second kappa shape index (κ2) is 7.60. The van der Waals surface area contributed by atoms with Crippen molar-refractivity contribution in [2.75, 3.05) is 23.5 Å². The van der Waals surface area contributed by atoms with Gasteiger partial charge in [0.2, 0.25) is 5.95 Å². The Bertz CT molecular complexity index is 1040. The molecule has 4 atom stereocenters. The number of nitrogen functional groups attached to an aromatic ring is 2. The molecule has 0 spiro atoms. The molecule has 4 rings (SSSR count). The number of fused-ring (bicyclic) bond motifs is 1. The average Bonchev–Trinajstić information content (AvgIpc) is 3.25. The highest BCUT2D eigenvalue weighted by molar-refractivity contribution is 5.83. The van der Waals surface area contributed by atoms with Crippen LogP contribution in [-0.4, -0.2) is 66.0 Å². The number of nitrogens with zero attached hydrogens (tertiary/aromatic N) is 5. The number of aliphatic hydroxyl groups is 3. The Morgan fingerprint density at radius 2 is 1.93 bits per heavy atom. The number of nitrogens with one attached hydrogen (secondary N) is 1. The molecule has 0 saturated carbocycles. The minimum atomic E-state index is -1.28. The van der Waals surface area contributed by atoms with Crippen molar-refractivity contribution in [1.82, 2.24) is 19.5 Å². The maximum atomic E-state index is 10.3. The van der Waals surface area contributed by atoms with Crippen LogP contribution in [0, 0.1) is 0 Å².